The zero-order chi connectivity index (χ0) is 10.4. The van der Waals surface area contributed by atoms with Crippen molar-refractivity contribution < 1.29 is 4.84 Å². The van der Waals surface area contributed by atoms with Crippen molar-refractivity contribution in [2.75, 3.05) is 32.5 Å². The summed E-state index contributed by atoms with van der Waals surface area (Å²) in [5.74, 6) is 1.14. The highest BCUT2D eigenvalue weighted by molar-refractivity contribution is 8.00. The van der Waals surface area contributed by atoms with E-state index in [2.05, 4.69) is 24.0 Å². The monoisotopic (exact) mass is 216 g/mol. The highest BCUT2D eigenvalue weighted by atomic mass is 32.2. The lowest BCUT2D eigenvalue weighted by Gasteiger charge is -2.30. The lowest BCUT2D eigenvalue weighted by atomic mass is 10.1. The van der Waals surface area contributed by atoms with E-state index in [-0.39, 0.29) is 0 Å². The van der Waals surface area contributed by atoms with Gasteiger partial charge in [0.15, 0.2) is 0 Å². The van der Waals surface area contributed by atoms with Gasteiger partial charge < -0.3 is 9.74 Å². The molecule has 0 N–H and O–H groups in total. The van der Waals surface area contributed by atoms with E-state index in [1.54, 1.807) is 0 Å². The predicted octanol–water partition coefficient (Wildman–Crippen LogP) is 1.84. The van der Waals surface area contributed by atoms with Crippen LogP contribution in [-0.2, 0) is 4.84 Å². The molecule has 1 rings (SSSR count). The molecule has 0 bridgehead atoms. The normalized spacial score (nSPS) is 26.8. The van der Waals surface area contributed by atoms with Crippen molar-refractivity contribution in [2.24, 2.45) is 5.16 Å². The number of oxime groups is 1. The van der Waals surface area contributed by atoms with Crippen LogP contribution in [0.2, 0.25) is 0 Å². The summed E-state index contributed by atoms with van der Waals surface area (Å²) in [5.41, 5.74) is 1.23. The largest absolute Gasteiger partial charge is 0.396 e. The lowest BCUT2D eigenvalue weighted by Crippen LogP contribution is -2.40. The van der Waals surface area contributed by atoms with E-state index >= 15 is 0 Å². The fraction of sp³-hybridized carbons (Fsp3) is 0.900. The quantitative estimate of drug-likeness (QED) is 0.670. The summed E-state index contributed by atoms with van der Waals surface area (Å²) in [6, 6.07) is 0. The molecule has 0 aromatic heterocycles. The molecule has 1 unspecified atom stereocenters. The highest BCUT2D eigenvalue weighted by Gasteiger charge is 2.23. The van der Waals surface area contributed by atoms with Crippen molar-refractivity contribution >= 4 is 17.5 Å². The number of piperidine rings is 1. The van der Waals surface area contributed by atoms with Gasteiger partial charge in [-0.1, -0.05) is 12.1 Å². The first-order chi connectivity index (χ1) is 6.77. The molecule has 1 aliphatic heterocycles. The highest BCUT2D eigenvalue weighted by Crippen LogP contribution is 2.19. The topological polar surface area (TPSA) is 24.8 Å². The molecule has 1 atom stereocenters. The van der Waals surface area contributed by atoms with E-state index in [1.807, 2.05) is 18.7 Å². The molecule has 0 aromatic rings. The van der Waals surface area contributed by atoms with Crippen LogP contribution in [0.3, 0.4) is 0 Å². The molecule has 0 saturated carbocycles. The molecule has 4 heteroatoms. The number of thioether (sulfide) groups is 1. The molecule has 3 nitrogen and oxygen atoms in total. The van der Waals surface area contributed by atoms with Crippen molar-refractivity contribution in [1.82, 2.24) is 4.90 Å². The number of hydrogen-bond donors (Lipinski definition) is 0. The Morgan fingerprint density at radius 2 is 2.36 bits per heavy atom. The molecular weight excluding hydrogens is 196 g/mol. The predicted molar refractivity (Wildman–Crippen MR) is 63.1 cm³/mol. The van der Waals surface area contributed by atoms with E-state index < -0.39 is 0 Å². The zero-order valence-corrected chi connectivity index (χ0v) is 10.1. The van der Waals surface area contributed by atoms with Crippen LogP contribution in [0.1, 0.15) is 20.3 Å². The molecule has 14 heavy (non-hydrogen) atoms. The van der Waals surface area contributed by atoms with E-state index in [4.69, 9.17) is 4.84 Å². The maximum absolute atomic E-state index is 5.14. The molecule has 1 fully saturated rings. The Labute approximate surface area is 90.9 Å². The van der Waals surface area contributed by atoms with E-state index in [9.17, 15) is 0 Å². The Hall–Kier alpha value is -0.220. The summed E-state index contributed by atoms with van der Waals surface area (Å²) in [4.78, 5) is 7.50. The second-order valence-corrected chi connectivity index (χ2v) is 4.94. The lowest BCUT2D eigenvalue weighted by molar-refractivity contribution is 0.155. The average molecular weight is 216 g/mol. The minimum absolute atomic E-state index is 0.533. The number of likely N-dealkylation sites (tertiary alicyclic amines) is 1. The zero-order valence-electron chi connectivity index (χ0n) is 9.32. The maximum atomic E-state index is 5.14. The molecule has 82 valence electrons. The van der Waals surface area contributed by atoms with Gasteiger partial charge in [-0.3, -0.25) is 0 Å². The average Bonchev–Trinajstić information content (AvgIpc) is 2.17. The van der Waals surface area contributed by atoms with Crippen molar-refractivity contribution in [2.45, 2.75) is 25.5 Å². The van der Waals surface area contributed by atoms with Crippen LogP contribution in [0.4, 0.5) is 0 Å². The Morgan fingerprint density at radius 1 is 1.57 bits per heavy atom. The molecule has 1 heterocycles. The van der Waals surface area contributed by atoms with Gasteiger partial charge in [0.25, 0.3) is 0 Å². The summed E-state index contributed by atoms with van der Waals surface area (Å²) >= 11 is 1.96. The van der Waals surface area contributed by atoms with Crippen molar-refractivity contribution in [1.29, 1.82) is 0 Å². The summed E-state index contributed by atoms with van der Waals surface area (Å²) in [6.45, 7) is 7.04. The first-order valence-electron chi connectivity index (χ1n) is 5.26. The van der Waals surface area contributed by atoms with Crippen LogP contribution in [0.25, 0.3) is 0 Å². The second kappa shape index (κ2) is 6.30. The molecule has 0 radical (unpaired) electrons. The van der Waals surface area contributed by atoms with E-state index in [0.717, 1.165) is 25.3 Å². The van der Waals surface area contributed by atoms with Gasteiger partial charge in [-0.2, -0.15) is 11.8 Å². The third-order valence-electron chi connectivity index (χ3n) is 2.28. The van der Waals surface area contributed by atoms with Gasteiger partial charge in [0, 0.05) is 19.5 Å². The van der Waals surface area contributed by atoms with Gasteiger partial charge >= 0.3 is 0 Å². The summed E-state index contributed by atoms with van der Waals surface area (Å²) in [5, 5.41) is 4.74. The third-order valence-corrected chi connectivity index (χ3v) is 3.43. The third kappa shape index (κ3) is 3.50. The Balaban J connectivity index is 2.52. The second-order valence-electron chi connectivity index (χ2n) is 3.46. The fourth-order valence-electron chi connectivity index (χ4n) is 1.55. The minimum Gasteiger partial charge on any atom is -0.396 e. The summed E-state index contributed by atoms with van der Waals surface area (Å²) in [6.07, 6.45) is 1.05. The maximum Gasteiger partial charge on any atom is 0.114 e. The molecule has 0 amide bonds. The number of hydrogen-bond acceptors (Lipinski definition) is 4. The molecule has 0 aromatic carbocycles. The molecule has 0 spiro atoms. The smallest absolute Gasteiger partial charge is 0.114 e. The first-order valence-corrected chi connectivity index (χ1v) is 6.31. The van der Waals surface area contributed by atoms with Gasteiger partial charge in [-0.05, 0) is 19.7 Å². The Morgan fingerprint density at radius 3 is 3.00 bits per heavy atom. The van der Waals surface area contributed by atoms with Crippen molar-refractivity contribution in [3.8, 4) is 0 Å². The number of nitrogens with zero attached hydrogens (tertiary/aromatic N) is 2. The molecule has 0 aliphatic carbocycles. The Bertz CT molecular complexity index is 197. The Kier molecular flexibility index (Phi) is 5.33. The number of rotatable bonds is 4. The van der Waals surface area contributed by atoms with Gasteiger partial charge in [-0.25, -0.2) is 0 Å². The molecular formula is C10H20N2OS. The minimum atomic E-state index is 0.533. The van der Waals surface area contributed by atoms with E-state index in [1.165, 1.54) is 5.71 Å². The SMILES string of the molecule is CCO/N=C1\CCN(C)CC1SCC. The van der Waals surface area contributed by atoms with Crippen LogP contribution in [0.15, 0.2) is 5.16 Å². The summed E-state index contributed by atoms with van der Waals surface area (Å²) < 4.78 is 0. The van der Waals surface area contributed by atoms with Gasteiger partial charge in [0.2, 0.25) is 0 Å². The van der Waals surface area contributed by atoms with Crippen LogP contribution >= 0.6 is 11.8 Å². The van der Waals surface area contributed by atoms with Crippen LogP contribution in [0, 0.1) is 0 Å². The summed E-state index contributed by atoms with van der Waals surface area (Å²) in [7, 11) is 2.17. The van der Waals surface area contributed by atoms with E-state index in [0.29, 0.717) is 11.9 Å². The van der Waals surface area contributed by atoms with Crippen molar-refractivity contribution in [3.63, 3.8) is 0 Å². The van der Waals surface area contributed by atoms with Crippen LogP contribution < -0.4 is 0 Å². The van der Waals surface area contributed by atoms with Crippen LogP contribution in [-0.4, -0.2) is 48.4 Å². The van der Waals surface area contributed by atoms with Gasteiger partial charge in [0.05, 0.1) is 11.0 Å². The standard InChI is InChI=1S/C10H20N2OS/c1-4-13-11-9-6-7-12(3)8-10(9)14-5-2/h10H,4-8H2,1-3H3/b11-9+. The molecule has 1 saturated heterocycles. The van der Waals surface area contributed by atoms with Gasteiger partial charge in [-0.15, -0.1) is 0 Å². The van der Waals surface area contributed by atoms with Crippen LogP contribution in [0.5, 0.6) is 0 Å². The molecule has 1 aliphatic rings. The first kappa shape index (κ1) is 11.9. The fourth-order valence-corrected chi connectivity index (χ4v) is 2.66. The van der Waals surface area contributed by atoms with Crippen molar-refractivity contribution in [3.05, 3.63) is 0 Å². The van der Waals surface area contributed by atoms with Gasteiger partial charge in [0.1, 0.15) is 6.61 Å².